The predicted molar refractivity (Wildman–Crippen MR) is 53.9 cm³/mol. The van der Waals surface area contributed by atoms with Crippen LogP contribution in [0.15, 0.2) is 0 Å². The highest BCUT2D eigenvalue weighted by atomic mass is 32.3. The standard InChI is InChI=1S/C6H14O8S2/c1-3-13-5-6(14-4-2,15(7,8)9)16(10,11)12/h3-5H2,1-2H3,(H,7,8,9)(H,10,11,12). The van der Waals surface area contributed by atoms with Gasteiger partial charge in [-0.25, -0.2) is 0 Å². The van der Waals surface area contributed by atoms with Crippen LogP contribution in [0.2, 0.25) is 0 Å². The lowest BCUT2D eigenvalue weighted by Gasteiger charge is -2.26. The van der Waals surface area contributed by atoms with Crippen LogP contribution >= 0.6 is 0 Å². The van der Waals surface area contributed by atoms with E-state index in [-0.39, 0.29) is 13.2 Å². The first-order valence-corrected chi connectivity index (χ1v) is 7.16. The molecule has 0 aromatic carbocycles. The van der Waals surface area contributed by atoms with E-state index >= 15 is 0 Å². The van der Waals surface area contributed by atoms with E-state index < -0.39 is 31.1 Å². The quantitative estimate of drug-likeness (QED) is 0.596. The Morgan fingerprint density at radius 2 is 1.44 bits per heavy atom. The Balaban J connectivity index is 5.61. The zero-order valence-corrected chi connectivity index (χ0v) is 10.4. The van der Waals surface area contributed by atoms with Crippen LogP contribution in [0.5, 0.6) is 0 Å². The molecule has 16 heavy (non-hydrogen) atoms. The lowest BCUT2D eigenvalue weighted by Crippen LogP contribution is -2.52. The first-order chi connectivity index (χ1) is 7.12. The van der Waals surface area contributed by atoms with Crippen LogP contribution in [0.3, 0.4) is 0 Å². The number of ether oxygens (including phenoxy) is 2. The van der Waals surface area contributed by atoms with Crippen LogP contribution < -0.4 is 0 Å². The van der Waals surface area contributed by atoms with Crippen molar-refractivity contribution < 1.29 is 35.4 Å². The Hall–Kier alpha value is -0.260. The number of hydrogen-bond donors (Lipinski definition) is 2. The third-order valence-electron chi connectivity index (χ3n) is 1.63. The van der Waals surface area contributed by atoms with Gasteiger partial charge in [0.15, 0.2) is 0 Å². The minimum absolute atomic E-state index is 0.0140. The van der Waals surface area contributed by atoms with Crippen molar-refractivity contribution in [1.29, 1.82) is 0 Å². The van der Waals surface area contributed by atoms with Crippen LogP contribution in [0.25, 0.3) is 0 Å². The van der Waals surface area contributed by atoms with E-state index in [9.17, 15) is 16.8 Å². The smallest absolute Gasteiger partial charge is 0.344 e. The van der Waals surface area contributed by atoms with Crippen LogP contribution in [0.1, 0.15) is 13.8 Å². The molecule has 0 aromatic rings. The summed E-state index contributed by atoms with van der Waals surface area (Å²) in [6, 6.07) is 0. The fraction of sp³-hybridized carbons (Fsp3) is 1.00. The topological polar surface area (TPSA) is 127 Å². The molecule has 0 amide bonds. The van der Waals surface area contributed by atoms with Crippen molar-refractivity contribution in [3.63, 3.8) is 0 Å². The van der Waals surface area contributed by atoms with E-state index in [1.165, 1.54) is 13.8 Å². The van der Waals surface area contributed by atoms with Gasteiger partial charge in [0.1, 0.15) is 6.61 Å². The summed E-state index contributed by atoms with van der Waals surface area (Å²) in [5.41, 5.74) is 0. The fourth-order valence-corrected chi connectivity index (χ4v) is 2.98. The van der Waals surface area contributed by atoms with Crippen LogP contribution in [0, 0.1) is 0 Å². The molecule has 0 rings (SSSR count). The highest BCUT2D eigenvalue weighted by molar-refractivity contribution is 8.05. The second-order valence-corrected chi connectivity index (χ2v) is 6.18. The molecule has 10 heteroatoms. The van der Waals surface area contributed by atoms with Crippen molar-refractivity contribution in [3.05, 3.63) is 0 Å². The van der Waals surface area contributed by atoms with Gasteiger partial charge in [-0.3, -0.25) is 9.11 Å². The molecule has 8 nitrogen and oxygen atoms in total. The van der Waals surface area contributed by atoms with Gasteiger partial charge in [-0.1, -0.05) is 0 Å². The lowest BCUT2D eigenvalue weighted by molar-refractivity contribution is 0.000460. The van der Waals surface area contributed by atoms with Crippen molar-refractivity contribution in [1.82, 2.24) is 0 Å². The van der Waals surface area contributed by atoms with E-state index in [0.717, 1.165) is 0 Å². The molecule has 0 saturated heterocycles. The minimum Gasteiger partial charge on any atom is -0.376 e. The molecule has 2 N–H and O–H groups in total. The van der Waals surface area contributed by atoms with Gasteiger partial charge in [0.2, 0.25) is 0 Å². The largest absolute Gasteiger partial charge is 0.376 e. The lowest BCUT2D eigenvalue weighted by atomic mass is 10.7. The van der Waals surface area contributed by atoms with E-state index in [0.29, 0.717) is 0 Å². The van der Waals surface area contributed by atoms with Gasteiger partial charge < -0.3 is 9.47 Å². The summed E-state index contributed by atoms with van der Waals surface area (Å²) < 4.78 is 67.6. The molecule has 0 aliphatic heterocycles. The molecular weight excluding hydrogens is 264 g/mol. The summed E-state index contributed by atoms with van der Waals surface area (Å²) >= 11 is 0. The van der Waals surface area contributed by atoms with Gasteiger partial charge in [-0.05, 0) is 13.8 Å². The normalized spacial score (nSPS) is 14.0. The first kappa shape index (κ1) is 15.7. The molecular formula is C6H14O8S2. The molecule has 0 radical (unpaired) electrons. The summed E-state index contributed by atoms with van der Waals surface area (Å²) in [4.78, 5) is 0. The molecule has 0 bridgehead atoms. The Kier molecular flexibility index (Phi) is 5.29. The van der Waals surface area contributed by atoms with Crippen molar-refractivity contribution in [3.8, 4) is 0 Å². The van der Waals surface area contributed by atoms with E-state index in [2.05, 4.69) is 9.47 Å². The van der Waals surface area contributed by atoms with Gasteiger partial charge in [0.05, 0.1) is 0 Å². The van der Waals surface area contributed by atoms with E-state index in [1.54, 1.807) is 0 Å². The molecule has 0 unspecified atom stereocenters. The second kappa shape index (κ2) is 5.38. The summed E-state index contributed by atoms with van der Waals surface area (Å²) in [6.07, 6.45) is 0. The molecule has 0 atom stereocenters. The fourth-order valence-electron chi connectivity index (χ4n) is 0.920. The van der Waals surface area contributed by atoms with Gasteiger partial charge in [0.25, 0.3) is 0 Å². The molecule has 0 aliphatic carbocycles. The second-order valence-electron chi connectivity index (χ2n) is 2.70. The van der Waals surface area contributed by atoms with E-state index in [1.807, 2.05) is 0 Å². The maximum atomic E-state index is 11.0. The molecule has 98 valence electrons. The van der Waals surface area contributed by atoms with Gasteiger partial charge in [-0.2, -0.15) is 16.8 Å². The van der Waals surface area contributed by atoms with Crippen LogP contribution in [-0.4, -0.2) is 50.0 Å². The number of hydrogen-bond acceptors (Lipinski definition) is 6. The molecule has 0 saturated carbocycles. The maximum Gasteiger partial charge on any atom is 0.344 e. The van der Waals surface area contributed by atoms with Gasteiger partial charge in [0, 0.05) is 13.2 Å². The summed E-state index contributed by atoms with van der Waals surface area (Å²) in [5.74, 6) is 0. The monoisotopic (exact) mass is 278 g/mol. The van der Waals surface area contributed by atoms with Crippen molar-refractivity contribution in [2.24, 2.45) is 0 Å². The molecule has 0 fully saturated rings. The average Bonchev–Trinajstić information content (AvgIpc) is 2.08. The third kappa shape index (κ3) is 3.12. The highest BCUT2D eigenvalue weighted by Crippen LogP contribution is 2.25. The molecule has 0 aromatic heterocycles. The molecule has 0 spiro atoms. The number of rotatable bonds is 7. The van der Waals surface area contributed by atoms with Crippen LogP contribution in [-0.2, 0) is 29.7 Å². The van der Waals surface area contributed by atoms with E-state index in [4.69, 9.17) is 9.11 Å². The van der Waals surface area contributed by atoms with Gasteiger partial charge >= 0.3 is 24.5 Å². The van der Waals surface area contributed by atoms with Crippen molar-refractivity contribution >= 4 is 20.2 Å². The predicted octanol–water partition coefficient (Wildman–Crippen LogP) is -0.511. The Bertz CT molecular complexity index is 376. The maximum absolute atomic E-state index is 11.0. The first-order valence-electron chi connectivity index (χ1n) is 4.28. The minimum atomic E-state index is -5.20. The zero-order valence-electron chi connectivity index (χ0n) is 8.78. The summed E-state index contributed by atoms with van der Waals surface area (Å²) in [6.45, 7) is 1.39. The van der Waals surface area contributed by atoms with Gasteiger partial charge in [-0.15, -0.1) is 0 Å². The SMILES string of the molecule is CCOCC(OCC)(S(=O)(=O)O)S(=O)(=O)O. The molecule has 0 aliphatic rings. The Labute approximate surface area is 94.0 Å². The molecule has 0 heterocycles. The highest BCUT2D eigenvalue weighted by Gasteiger charge is 2.56. The van der Waals surface area contributed by atoms with Crippen LogP contribution in [0.4, 0.5) is 0 Å². The van der Waals surface area contributed by atoms with Crippen molar-refractivity contribution in [2.45, 2.75) is 18.1 Å². The Morgan fingerprint density at radius 3 is 1.69 bits per heavy atom. The average molecular weight is 278 g/mol. The third-order valence-corrected chi connectivity index (χ3v) is 4.94. The Morgan fingerprint density at radius 1 is 1.00 bits per heavy atom. The summed E-state index contributed by atoms with van der Waals surface area (Å²) in [5, 5.41) is 0. The summed E-state index contributed by atoms with van der Waals surface area (Å²) in [7, 11) is -10.4. The zero-order chi connectivity index (χ0) is 13.0. The van der Waals surface area contributed by atoms with Crippen molar-refractivity contribution in [2.75, 3.05) is 19.8 Å².